The lowest BCUT2D eigenvalue weighted by Gasteiger charge is -2.09. The Kier molecular flexibility index (Phi) is 6.00. The molecule has 0 bridgehead atoms. The molecule has 1 N–H and O–H groups in total. The Bertz CT molecular complexity index is 932. The molecule has 0 aliphatic heterocycles. The number of amides is 1. The third kappa shape index (κ3) is 4.89. The lowest BCUT2D eigenvalue weighted by atomic mass is 10.2. The normalized spacial score (nSPS) is 10.7. The number of nitrogens with zero attached hydrogens (tertiary/aromatic N) is 2. The first-order valence-corrected chi connectivity index (χ1v) is 9.78. The Morgan fingerprint density at radius 1 is 1.19 bits per heavy atom. The minimum Gasteiger partial charge on any atom is -0.311 e. The lowest BCUT2D eigenvalue weighted by molar-refractivity contribution is -0.116. The zero-order chi connectivity index (χ0) is 18.5. The number of nitrogens with one attached hydrogen (secondary N) is 1. The molecular formula is C19H18BrN3O2S. The molecule has 0 saturated carbocycles. The number of anilines is 1. The van der Waals surface area contributed by atoms with Gasteiger partial charge in [0.25, 0.3) is 0 Å². The van der Waals surface area contributed by atoms with E-state index in [1.807, 2.05) is 43.3 Å². The number of carbonyl (C=O) groups excluding carboxylic acids is 2. The van der Waals surface area contributed by atoms with Gasteiger partial charge in [0.05, 0.1) is 17.6 Å². The van der Waals surface area contributed by atoms with Crippen LogP contribution in [0.3, 0.4) is 0 Å². The van der Waals surface area contributed by atoms with Gasteiger partial charge in [0.1, 0.15) is 5.82 Å². The summed E-state index contributed by atoms with van der Waals surface area (Å²) < 4.78 is 2.72. The van der Waals surface area contributed by atoms with Crippen LogP contribution in [0.1, 0.15) is 33.0 Å². The van der Waals surface area contributed by atoms with Gasteiger partial charge in [-0.1, -0.05) is 28.1 Å². The van der Waals surface area contributed by atoms with E-state index in [0.717, 1.165) is 14.9 Å². The van der Waals surface area contributed by atoms with Crippen LogP contribution in [-0.4, -0.2) is 21.5 Å². The number of carbonyl (C=O) groups is 2. The fraction of sp³-hybridized carbons (Fsp3) is 0.211. The second kappa shape index (κ2) is 8.42. The van der Waals surface area contributed by atoms with E-state index >= 15 is 0 Å². The van der Waals surface area contributed by atoms with Crippen LogP contribution in [0.25, 0.3) is 0 Å². The van der Waals surface area contributed by atoms with Crippen LogP contribution in [0.4, 0.5) is 5.82 Å². The Labute approximate surface area is 164 Å². The highest BCUT2D eigenvalue weighted by Gasteiger charge is 2.13. The smallest absolute Gasteiger partial charge is 0.225 e. The number of aryl methyl sites for hydroxylation is 1. The van der Waals surface area contributed by atoms with E-state index in [-0.39, 0.29) is 24.5 Å². The number of hydrogen-bond acceptors (Lipinski definition) is 4. The van der Waals surface area contributed by atoms with E-state index in [1.54, 1.807) is 16.9 Å². The van der Waals surface area contributed by atoms with Crippen LogP contribution < -0.4 is 5.32 Å². The van der Waals surface area contributed by atoms with Gasteiger partial charge < -0.3 is 5.32 Å². The number of aromatic nitrogens is 2. The summed E-state index contributed by atoms with van der Waals surface area (Å²) in [5, 5.41) is 7.10. The van der Waals surface area contributed by atoms with Crippen LogP contribution >= 0.6 is 27.3 Å². The molecule has 7 heteroatoms. The molecule has 26 heavy (non-hydrogen) atoms. The summed E-state index contributed by atoms with van der Waals surface area (Å²) >= 11 is 4.91. The van der Waals surface area contributed by atoms with Gasteiger partial charge in [0.15, 0.2) is 5.78 Å². The zero-order valence-corrected chi connectivity index (χ0v) is 16.6. The van der Waals surface area contributed by atoms with Gasteiger partial charge in [-0.2, -0.15) is 5.10 Å². The van der Waals surface area contributed by atoms with Gasteiger partial charge in [0.2, 0.25) is 5.91 Å². The van der Waals surface area contributed by atoms with E-state index in [2.05, 4.69) is 26.3 Å². The van der Waals surface area contributed by atoms with Crippen molar-refractivity contribution in [2.24, 2.45) is 0 Å². The van der Waals surface area contributed by atoms with Crippen LogP contribution in [-0.2, 0) is 11.3 Å². The quantitative estimate of drug-likeness (QED) is 0.552. The van der Waals surface area contributed by atoms with Gasteiger partial charge in [-0.25, -0.2) is 4.68 Å². The van der Waals surface area contributed by atoms with E-state index in [9.17, 15) is 9.59 Å². The third-order valence-corrected chi connectivity index (χ3v) is 5.33. The Morgan fingerprint density at radius 3 is 2.77 bits per heavy atom. The summed E-state index contributed by atoms with van der Waals surface area (Å²) in [6.07, 6.45) is 2.00. The third-order valence-electron chi connectivity index (χ3n) is 3.80. The van der Waals surface area contributed by atoms with Crippen LogP contribution in [0.2, 0.25) is 0 Å². The molecule has 0 unspecified atom stereocenters. The van der Waals surface area contributed by atoms with Gasteiger partial charge in [-0.15, -0.1) is 11.3 Å². The summed E-state index contributed by atoms with van der Waals surface area (Å²) in [6, 6.07) is 13.4. The van der Waals surface area contributed by atoms with Crippen molar-refractivity contribution >= 4 is 44.8 Å². The molecule has 0 aliphatic carbocycles. The second-order valence-corrected chi connectivity index (χ2v) is 8.09. The molecule has 3 rings (SSSR count). The molecule has 1 amide bonds. The highest BCUT2D eigenvalue weighted by Crippen LogP contribution is 2.18. The monoisotopic (exact) mass is 431 g/mol. The van der Waals surface area contributed by atoms with Crippen LogP contribution in [0.5, 0.6) is 0 Å². The molecule has 3 aromatic rings. The molecule has 0 saturated heterocycles. The molecule has 0 aliphatic rings. The van der Waals surface area contributed by atoms with Crippen molar-refractivity contribution in [3.63, 3.8) is 0 Å². The van der Waals surface area contributed by atoms with Gasteiger partial charge in [-0.3, -0.25) is 9.59 Å². The fourth-order valence-corrected chi connectivity index (χ4v) is 3.79. The lowest BCUT2D eigenvalue weighted by Crippen LogP contribution is -2.17. The number of benzene rings is 1. The topological polar surface area (TPSA) is 64.0 Å². The van der Waals surface area contributed by atoms with Gasteiger partial charge in [-0.05, 0) is 36.8 Å². The second-order valence-electron chi connectivity index (χ2n) is 5.89. The minimum absolute atomic E-state index is 0.000827. The molecule has 134 valence electrons. The number of Topliss-reactive ketones (excluding diaryl/α,β-unsaturated/α-hetero) is 1. The summed E-state index contributed by atoms with van der Waals surface area (Å²) in [4.78, 5) is 26.1. The molecule has 0 atom stereocenters. The summed E-state index contributed by atoms with van der Waals surface area (Å²) in [5.41, 5.74) is 1.07. The number of ketones is 1. The first-order valence-electron chi connectivity index (χ1n) is 8.17. The standard InChI is InChI=1S/C19H18BrN3O2S/c1-13-5-7-17(26-13)16(24)6-8-19(25)22-18-9-10-21-23(18)12-14-3-2-4-15(20)11-14/h2-5,7,9-11H,6,8,12H2,1H3,(H,22,25). The average molecular weight is 432 g/mol. The fourth-order valence-electron chi connectivity index (χ4n) is 2.51. The molecule has 2 heterocycles. The summed E-state index contributed by atoms with van der Waals surface area (Å²) in [7, 11) is 0. The molecule has 1 aromatic carbocycles. The maximum Gasteiger partial charge on any atom is 0.225 e. The summed E-state index contributed by atoms with van der Waals surface area (Å²) in [5.74, 6) is 0.429. The zero-order valence-electron chi connectivity index (χ0n) is 14.2. The first-order chi connectivity index (χ1) is 12.5. The Morgan fingerprint density at radius 2 is 2.04 bits per heavy atom. The molecular weight excluding hydrogens is 414 g/mol. The van der Waals surface area contributed by atoms with Crippen molar-refractivity contribution < 1.29 is 9.59 Å². The Balaban J connectivity index is 1.56. The number of halogens is 1. The minimum atomic E-state index is -0.192. The van der Waals surface area contributed by atoms with Gasteiger partial charge in [0, 0.05) is 28.3 Å². The predicted octanol–water partition coefficient (Wildman–Crippen LogP) is 4.67. The molecule has 2 aromatic heterocycles. The van der Waals surface area contributed by atoms with E-state index in [4.69, 9.17) is 0 Å². The molecule has 0 fully saturated rings. The number of rotatable bonds is 7. The van der Waals surface area contributed by atoms with E-state index in [0.29, 0.717) is 17.2 Å². The highest BCUT2D eigenvalue weighted by molar-refractivity contribution is 9.10. The Hall–Kier alpha value is -2.25. The van der Waals surface area contributed by atoms with Crippen LogP contribution in [0.15, 0.2) is 53.1 Å². The van der Waals surface area contributed by atoms with E-state index in [1.165, 1.54) is 11.3 Å². The maximum atomic E-state index is 12.2. The number of thiophene rings is 1. The predicted molar refractivity (Wildman–Crippen MR) is 107 cm³/mol. The van der Waals surface area contributed by atoms with Gasteiger partial charge >= 0.3 is 0 Å². The van der Waals surface area contributed by atoms with Crippen molar-refractivity contribution in [2.75, 3.05) is 5.32 Å². The van der Waals surface area contributed by atoms with Crippen molar-refractivity contribution in [1.29, 1.82) is 0 Å². The SMILES string of the molecule is Cc1ccc(C(=O)CCC(=O)Nc2ccnn2Cc2cccc(Br)c2)s1. The largest absolute Gasteiger partial charge is 0.311 e. The average Bonchev–Trinajstić information content (AvgIpc) is 3.22. The highest BCUT2D eigenvalue weighted by atomic mass is 79.9. The van der Waals surface area contributed by atoms with Crippen molar-refractivity contribution in [3.05, 3.63) is 68.5 Å². The van der Waals surface area contributed by atoms with Crippen molar-refractivity contribution in [3.8, 4) is 0 Å². The van der Waals surface area contributed by atoms with Crippen LogP contribution in [0, 0.1) is 6.92 Å². The first kappa shape index (κ1) is 18.5. The molecule has 0 spiro atoms. The number of hydrogen-bond donors (Lipinski definition) is 1. The molecule has 5 nitrogen and oxygen atoms in total. The van der Waals surface area contributed by atoms with E-state index < -0.39 is 0 Å². The van der Waals surface area contributed by atoms with Crippen molar-refractivity contribution in [2.45, 2.75) is 26.3 Å². The maximum absolute atomic E-state index is 12.2. The summed E-state index contributed by atoms with van der Waals surface area (Å²) in [6.45, 7) is 2.51. The van der Waals surface area contributed by atoms with Crippen molar-refractivity contribution in [1.82, 2.24) is 9.78 Å². The molecule has 0 radical (unpaired) electrons.